The average molecular weight is 196 g/mol. The molecule has 4 nitrogen and oxygen atoms in total. The van der Waals surface area contributed by atoms with Crippen LogP contribution >= 0.6 is 0 Å². The molecular weight excluding hydrogens is 183 g/mol. The molecule has 76 valence electrons. The quantitative estimate of drug-likeness (QED) is 0.757. The minimum Gasteiger partial charge on any atom is -0.356 e. The highest BCUT2D eigenvalue weighted by atomic mass is 19.1. The van der Waals surface area contributed by atoms with Gasteiger partial charge in [0, 0.05) is 25.1 Å². The summed E-state index contributed by atoms with van der Waals surface area (Å²) in [6.07, 6.45) is 1.40. The maximum Gasteiger partial charge on any atom is 0.132 e. The summed E-state index contributed by atoms with van der Waals surface area (Å²) in [5.41, 5.74) is 5.95. The van der Waals surface area contributed by atoms with Crippen LogP contribution in [0, 0.1) is 5.92 Å². The van der Waals surface area contributed by atoms with Crippen molar-refractivity contribution in [2.45, 2.75) is 6.67 Å². The lowest BCUT2D eigenvalue weighted by atomic mass is 10.0. The van der Waals surface area contributed by atoms with Gasteiger partial charge in [-0.15, -0.1) is 0 Å². The fourth-order valence-corrected chi connectivity index (χ4v) is 1.54. The van der Waals surface area contributed by atoms with Crippen LogP contribution < -0.4 is 10.6 Å². The fourth-order valence-electron chi connectivity index (χ4n) is 1.54. The first-order valence-electron chi connectivity index (χ1n) is 4.65. The van der Waals surface area contributed by atoms with Gasteiger partial charge in [0.05, 0.1) is 5.69 Å². The molecule has 1 saturated heterocycles. The Labute approximate surface area is 82.0 Å². The normalized spacial score (nSPS) is 16.9. The van der Waals surface area contributed by atoms with E-state index in [1.54, 1.807) is 6.07 Å². The zero-order valence-electron chi connectivity index (χ0n) is 7.86. The van der Waals surface area contributed by atoms with E-state index < -0.39 is 6.67 Å². The van der Waals surface area contributed by atoms with Gasteiger partial charge in [-0.3, -0.25) is 0 Å². The van der Waals surface area contributed by atoms with E-state index in [2.05, 4.69) is 14.9 Å². The molecule has 5 heteroatoms. The van der Waals surface area contributed by atoms with Gasteiger partial charge in [-0.1, -0.05) is 0 Å². The number of halogens is 1. The molecule has 1 aromatic rings. The first kappa shape index (κ1) is 9.33. The first-order valence-corrected chi connectivity index (χ1v) is 4.65. The van der Waals surface area contributed by atoms with Crippen molar-refractivity contribution in [3.63, 3.8) is 0 Å². The third-order valence-electron chi connectivity index (χ3n) is 2.46. The summed E-state index contributed by atoms with van der Waals surface area (Å²) < 4.78 is 12.3. The topological polar surface area (TPSA) is 55.0 Å². The molecule has 14 heavy (non-hydrogen) atoms. The third kappa shape index (κ3) is 1.68. The average Bonchev–Trinajstić information content (AvgIpc) is 2.17. The summed E-state index contributed by atoms with van der Waals surface area (Å²) in [5, 5.41) is 0. The third-order valence-corrected chi connectivity index (χ3v) is 2.46. The van der Waals surface area contributed by atoms with E-state index in [9.17, 15) is 4.39 Å². The van der Waals surface area contributed by atoms with Gasteiger partial charge in [0.2, 0.25) is 0 Å². The molecule has 1 fully saturated rings. The molecule has 0 atom stereocenters. The zero-order valence-corrected chi connectivity index (χ0v) is 7.86. The van der Waals surface area contributed by atoms with Gasteiger partial charge in [0.15, 0.2) is 0 Å². The van der Waals surface area contributed by atoms with E-state index in [1.165, 1.54) is 6.33 Å². The van der Waals surface area contributed by atoms with Gasteiger partial charge >= 0.3 is 0 Å². The Hall–Kier alpha value is -1.23. The minimum absolute atomic E-state index is 0.436. The van der Waals surface area contributed by atoms with Crippen molar-refractivity contribution in [1.82, 2.24) is 9.97 Å². The lowest BCUT2D eigenvalue weighted by molar-refractivity contribution is 0.415. The number of alkyl halides is 1. The van der Waals surface area contributed by atoms with Crippen LogP contribution in [0.2, 0.25) is 0 Å². The Bertz CT molecular complexity index is 311. The van der Waals surface area contributed by atoms with Gasteiger partial charge in [-0.25, -0.2) is 14.4 Å². The number of hydrogen-bond acceptors (Lipinski definition) is 4. The van der Waals surface area contributed by atoms with Crippen LogP contribution in [0.4, 0.5) is 10.2 Å². The monoisotopic (exact) mass is 196 g/mol. The van der Waals surface area contributed by atoms with E-state index in [0.29, 0.717) is 18.2 Å². The van der Waals surface area contributed by atoms with Crippen molar-refractivity contribution in [3.05, 3.63) is 18.1 Å². The van der Waals surface area contributed by atoms with E-state index in [1.807, 2.05) is 0 Å². The van der Waals surface area contributed by atoms with Crippen molar-refractivity contribution in [2.75, 3.05) is 24.5 Å². The maximum absolute atomic E-state index is 12.3. The molecule has 2 rings (SSSR count). The van der Waals surface area contributed by atoms with Gasteiger partial charge < -0.3 is 10.6 Å². The van der Waals surface area contributed by atoms with Crippen LogP contribution in [0.15, 0.2) is 12.4 Å². The first-order chi connectivity index (χ1) is 6.83. The molecule has 0 aromatic carbocycles. The summed E-state index contributed by atoms with van der Waals surface area (Å²) in [6.45, 7) is 2.00. The van der Waals surface area contributed by atoms with E-state index >= 15 is 0 Å². The lowest BCUT2D eigenvalue weighted by Gasteiger charge is -2.39. The highest BCUT2D eigenvalue weighted by Crippen LogP contribution is 2.21. The van der Waals surface area contributed by atoms with Crippen LogP contribution in [0.1, 0.15) is 5.69 Å². The van der Waals surface area contributed by atoms with Crippen molar-refractivity contribution in [1.29, 1.82) is 0 Å². The summed E-state index contributed by atoms with van der Waals surface area (Å²) in [6, 6.07) is 1.69. The molecule has 0 bridgehead atoms. The Morgan fingerprint density at radius 3 is 2.93 bits per heavy atom. The molecule has 1 aromatic heterocycles. The Morgan fingerprint density at radius 2 is 2.29 bits per heavy atom. The largest absolute Gasteiger partial charge is 0.356 e. The van der Waals surface area contributed by atoms with Gasteiger partial charge in [0.25, 0.3) is 0 Å². The van der Waals surface area contributed by atoms with Crippen molar-refractivity contribution in [2.24, 2.45) is 11.7 Å². The van der Waals surface area contributed by atoms with Crippen molar-refractivity contribution < 1.29 is 4.39 Å². The number of nitrogens with two attached hydrogens (primary N) is 1. The van der Waals surface area contributed by atoms with Crippen LogP contribution in [0.5, 0.6) is 0 Å². The second kappa shape index (κ2) is 3.88. The van der Waals surface area contributed by atoms with E-state index in [4.69, 9.17) is 5.73 Å². The molecule has 0 spiro atoms. The molecule has 0 unspecified atom stereocenters. The Balaban J connectivity index is 2.03. The summed E-state index contributed by atoms with van der Waals surface area (Å²) in [4.78, 5) is 9.97. The molecule has 0 radical (unpaired) electrons. The zero-order chi connectivity index (χ0) is 9.97. The fraction of sp³-hybridized carbons (Fsp3) is 0.556. The minimum atomic E-state index is -0.538. The predicted octanol–water partition coefficient (Wildman–Crippen LogP) is 0.341. The Morgan fingerprint density at radius 1 is 1.50 bits per heavy atom. The molecule has 0 amide bonds. The molecule has 0 aliphatic carbocycles. The summed E-state index contributed by atoms with van der Waals surface area (Å²) in [7, 11) is 0. The second-order valence-electron chi connectivity index (χ2n) is 3.51. The number of nitrogens with zero attached hydrogens (tertiary/aromatic N) is 3. The Kier molecular flexibility index (Phi) is 2.58. The number of aromatic nitrogens is 2. The molecule has 1 aliphatic rings. The maximum atomic E-state index is 12.3. The summed E-state index contributed by atoms with van der Waals surface area (Å²) >= 11 is 0. The molecule has 2 heterocycles. The SMILES string of the molecule is NCC1CN(c2cc(CF)ncn2)C1. The van der Waals surface area contributed by atoms with E-state index in [-0.39, 0.29) is 0 Å². The molecular formula is C9H13FN4. The number of rotatable bonds is 3. The molecule has 0 saturated carbocycles. The standard InChI is InChI=1S/C9H13FN4/c10-2-8-1-9(13-6-12-8)14-4-7(3-11)5-14/h1,6-7H,2-5,11H2. The van der Waals surface area contributed by atoms with E-state index in [0.717, 1.165) is 18.9 Å². The van der Waals surface area contributed by atoms with Gasteiger partial charge in [0.1, 0.15) is 18.8 Å². The highest BCUT2D eigenvalue weighted by molar-refractivity contribution is 5.41. The van der Waals surface area contributed by atoms with Crippen LogP contribution in [0.3, 0.4) is 0 Å². The van der Waals surface area contributed by atoms with Gasteiger partial charge in [-0.2, -0.15) is 0 Å². The second-order valence-corrected chi connectivity index (χ2v) is 3.51. The predicted molar refractivity (Wildman–Crippen MR) is 51.6 cm³/mol. The van der Waals surface area contributed by atoms with Gasteiger partial charge in [-0.05, 0) is 6.54 Å². The number of anilines is 1. The molecule has 2 N–H and O–H groups in total. The highest BCUT2D eigenvalue weighted by Gasteiger charge is 2.26. The van der Waals surface area contributed by atoms with Crippen LogP contribution in [-0.4, -0.2) is 29.6 Å². The van der Waals surface area contributed by atoms with Crippen LogP contribution in [0.25, 0.3) is 0 Å². The van der Waals surface area contributed by atoms with Crippen LogP contribution in [-0.2, 0) is 6.67 Å². The summed E-state index contributed by atoms with van der Waals surface area (Å²) in [5.74, 6) is 1.36. The van der Waals surface area contributed by atoms with Crippen molar-refractivity contribution >= 4 is 5.82 Å². The smallest absolute Gasteiger partial charge is 0.132 e. The van der Waals surface area contributed by atoms with Crippen molar-refractivity contribution in [3.8, 4) is 0 Å². The number of hydrogen-bond donors (Lipinski definition) is 1. The molecule has 1 aliphatic heterocycles. The lowest BCUT2D eigenvalue weighted by Crippen LogP contribution is -2.50.